The highest BCUT2D eigenvalue weighted by Gasteiger charge is 2.18. The highest BCUT2D eigenvalue weighted by Crippen LogP contribution is 2.27. The Kier molecular flexibility index (Phi) is 4.81. The maximum absolute atomic E-state index is 6.18. The van der Waals surface area contributed by atoms with Gasteiger partial charge in [-0.2, -0.15) is 5.10 Å². The molecule has 0 aliphatic heterocycles. The van der Waals surface area contributed by atoms with Gasteiger partial charge < -0.3 is 5.73 Å². The van der Waals surface area contributed by atoms with E-state index in [2.05, 4.69) is 32.8 Å². The Bertz CT molecular complexity index is 331. The van der Waals surface area contributed by atoms with E-state index in [4.69, 9.17) is 17.3 Å². The molecule has 2 N–H and O–H groups in total. The summed E-state index contributed by atoms with van der Waals surface area (Å²) in [6.07, 6.45) is 3.75. The molecule has 0 saturated heterocycles. The molecule has 1 aromatic rings. The van der Waals surface area contributed by atoms with Crippen molar-refractivity contribution in [3.05, 3.63) is 16.9 Å². The number of hydrogen-bond donors (Lipinski definition) is 1. The molecule has 0 aromatic carbocycles. The molecule has 0 radical (unpaired) electrons. The molecule has 4 heteroatoms. The molecule has 0 amide bonds. The molecular weight excluding hydrogens is 222 g/mol. The lowest BCUT2D eigenvalue weighted by Crippen LogP contribution is -2.18. The van der Waals surface area contributed by atoms with Crippen LogP contribution in [-0.4, -0.2) is 9.78 Å². The third-order valence-electron chi connectivity index (χ3n) is 2.68. The topological polar surface area (TPSA) is 43.8 Å². The fraction of sp³-hybridized carbons (Fsp3) is 0.750. The van der Waals surface area contributed by atoms with E-state index < -0.39 is 0 Å². The zero-order chi connectivity index (χ0) is 12.3. The first-order valence-corrected chi connectivity index (χ1v) is 6.29. The largest absolute Gasteiger partial charge is 0.323 e. The maximum atomic E-state index is 6.18. The quantitative estimate of drug-likeness (QED) is 0.860. The Morgan fingerprint density at radius 3 is 2.44 bits per heavy atom. The highest BCUT2D eigenvalue weighted by atomic mass is 35.5. The summed E-state index contributed by atoms with van der Waals surface area (Å²) in [7, 11) is 0. The van der Waals surface area contributed by atoms with Crippen LogP contribution in [0.15, 0.2) is 6.20 Å². The first kappa shape index (κ1) is 13.5. The average molecular weight is 244 g/mol. The molecular formula is C12H22ClN3. The number of hydrogen-bond acceptors (Lipinski definition) is 2. The van der Waals surface area contributed by atoms with Crippen LogP contribution in [0.2, 0.25) is 5.02 Å². The van der Waals surface area contributed by atoms with Crippen molar-refractivity contribution in [2.75, 3.05) is 0 Å². The molecule has 16 heavy (non-hydrogen) atoms. The Labute approximate surface area is 103 Å². The predicted octanol–water partition coefficient (Wildman–Crippen LogP) is 3.55. The monoisotopic (exact) mass is 243 g/mol. The minimum atomic E-state index is -0.0141. The summed E-state index contributed by atoms with van der Waals surface area (Å²) in [4.78, 5) is 0. The van der Waals surface area contributed by atoms with E-state index >= 15 is 0 Å². The lowest BCUT2D eigenvalue weighted by atomic mass is 10.0. The molecule has 0 saturated carbocycles. The third kappa shape index (κ3) is 3.22. The van der Waals surface area contributed by atoms with E-state index in [1.54, 1.807) is 6.20 Å². The Morgan fingerprint density at radius 1 is 1.31 bits per heavy atom. The zero-order valence-corrected chi connectivity index (χ0v) is 11.3. The first-order chi connectivity index (χ1) is 7.43. The van der Waals surface area contributed by atoms with Crippen LogP contribution >= 0.6 is 11.6 Å². The van der Waals surface area contributed by atoms with Crippen LogP contribution < -0.4 is 5.73 Å². The molecule has 0 spiro atoms. The molecule has 1 unspecified atom stereocenters. The van der Waals surface area contributed by atoms with E-state index in [-0.39, 0.29) is 6.04 Å². The van der Waals surface area contributed by atoms with Gasteiger partial charge in [0.2, 0.25) is 0 Å². The van der Waals surface area contributed by atoms with Crippen molar-refractivity contribution in [2.45, 2.75) is 52.6 Å². The summed E-state index contributed by atoms with van der Waals surface area (Å²) in [6.45, 7) is 8.58. The maximum Gasteiger partial charge on any atom is 0.0834 e. The van der Waals surface area contributed by atoms with Crippen molar-refractivity contribution in [1.82, 2.24) is 9.78 Å². The van der Waals surface area contributed by atoms with Crippen LogP contribution in [0, 0.1) is 5.92 Å². The Balaban J connectivity index is 2.81. The van der Waals surface area contributed by atoms with Gasteiger partial charge in [0, 0.05) is 12.1 Å². The van der Waals surface area contributed by atoms with E-state index in [1.807, 2.05) is 4.68 Å². The molecule has 1 rings (SSSR count). The Morgan fingerprint density at radius 2 is 1.94 bits per heavy atom. The van der Waals surface area contributed by atoms with E-state index in [0.29, 0.717) is 17.0 Å². The fourth-order valence-corrected chi connectivity index (χ4v) is 2.03. The molecule has 0 bridgehead atoms. The van der Waals surface area contributed by atoms with Gasteiger partial charge in [0.25, 0.3) is 0 Å². The predicted molar refractivity (Wildman–Crippen MR) is 68.6 cm³/mol. The van der Waals surface area contributed by atoms with Crippen LogP contribution in [0.5, 0.6) is 0 Å². The van der Waals surface area contributed by atoms with Crippen LogP contribution in [0.1, 0.15) is 58.3 Å². The highest BCUT2D eigenvalue weighted by molar-refractivity contribution is 6.31. The van der Waals surface area contributed by atoms with E-state index in [1.165, 1.54) is 0 Å². The Hall–Kier alpha value is -0.540. The summed E-state index contributed by atoms with van der Waals surface area (Å²) in [5, 5.41) is 4.95. The lowest BCUT2D eigenvalue weighted by molar-refractivity contribution is 0.450. The summed E-state index contributed by atoms with van der Waals surface area (Å²) < 4.78 is 1.92. The van der Waals surface area contributed by atoms with Crippen molar-refractivity contribution >= 4 is 11.6 Å². The van der Waals surface area contributed by atoms with Crippen LogP contribution in [0.4, 0.5) is 0 Å². The second-order valence-electron chi connectivity index (χ2n) is 4.99. The number of nitrogens with zero attached hydrogens (tertiary/aromatic N) is 2. The van der Waals surface area contributed by atoms with Crippen LogP contribution in [0.25, 0.3) is 0 Å². The van der Waals surface area contributed by atoms with Gasteiger partial charge in [0.1, 0.15) is 0 Å². The summed E-state index contributed by atoms with van der Waals surface area (Å²) in [6, 6.07) is 0.285. The normalized spacial score (nSPS) is 13.8. The molecule has 0 aliphatic rings. The van der Waals surface area contributed by atoms with Crippen molar-refractivity contribution in [2.24, 2.45) is 11.7 Å². The van der Waals surface area contributed by atoms with Gasteiger partial charge in [-0.1, -0.05) is 25.4 Å². The molecule has 1 aromatic heterocycles. The van der Waals surface area contributed by atoms with Gasteiger partial charge in [0.15, 0.2) is 0 Å². The second kappa shape index (κ2) is 5.69. The average Bonchev–Trinajstić information content (AvgIpc) is 2.56. The zero-order valence-electron chi connectivity index (χ0n) is 10.6. The standard InChI is InChI=1S/C12H22ClN3/c1-8(2)5-6-11(14)12-10(13)7-15-16(12)9(3)4/h7-9,11H,5-6,14H2,1-4H3. The fourth-order valence-electron chi connectivity index (χ4n) is 1.76. The van der Waals surface area contributed by atoms with Gasteiger partial charge >= 0.3 is 0 Å². The number of nitrogens with two attached hydrogens (primary N) is 1. The minimum absolute atomic E-state index is 0.0141. The molecule has 0 aliphatic carbocycles. The SMILES string of the molecule is CC(C)CCC(N)c1c(Cl)cnn1C(C)C. The molecule has 1 atom stereocenters. The number of aromatic nitrogens is 2. The number of rotatable bonds is 5. The van der Waals surface area contributed by atoms with Crippen LogP contribution in [-0.2, 0) is 0 Å². The van der Waals surface area contributed by atoms with Crippen molar-refractivity contribution in [3.8, 4) is 0 Å². The van der Waals surface area contributed by atoms with E-state index in [0.717, 1.165) is 18.5 Å². The van der Waals surface area contributed by atoms with Crippen molar-refractivity contribution in [3.63, 3.8) is 0 Å². The van der Waals surface area contributed by atoms with E-state index in [9.17, 15) is 0 Å². The van der Waals surface area contributed by atoms with Gasteiger partial charge in [-0.25, -0.2) is 0 Å². The summed E-state index contributed by atoms with van der Waals surface area (Å²) in [5.41, 5.74) is 7.15. The molecule has 0 fully saturated rings. The second-order valence-corrected chi connectivity index (χ2v) is 5.40. The minimum Gasteiger partial charge on any atom is -0.323 e. The van der Waals surface area contributed by atoms with Crippen molar-refractivity contribution < 1.29 is 0 Å². The van der Waals surface area contributed by atoms with Gasteiger partial charge in [-0.15, -0.1) is 0 Å². The van der Waals surface area contributed by atoms with Crippen LogP contribution in [0.3, 0.4) is 0 Å². The van der Waals surface area contributed by atoms with Gasteiger partial charge in [0.05, 0.1) is 16.9 Å². The summed E-state index contributed by atoms with van der Waals surface area (Å²) >= 11 is 6.14. The molecule has 1 heterocycles. The number of halogens is 1. The molecule has 3 nitrogen and oxygen atoms in total. The van der Waals surface area contributed by atoms with Gasteiger partial charge in [-0.3, -0.25) is 4.68 Å². The lowest BCUT2D eigenvalue weighted by Gasteiger charge is -2.18. The van der Waals surface area contributed by atoms with Crippen molar-refractivity contribution in [1.29, 1.82) is 0 Å². The third-order valence-corrected chi connectivity index (χ3v) is 2.97. The smallest absolute Gasteiger partial charge is 0.0834 e. The first-order valence-electron chi connectivity index (χ1n) is 5.92. The van der Waals surface area contributed by atoms with Gasteiger partial charge in [-0.05, 0) is 32.6 Å². The summed E-state index contributed by atoms with van der Waals surface area (Å²) in [5.74, 6) is 0.667. The molecule has 92 valence electrons.